The fourth-order valence-electron chi connectivity index (χ4n) is 1.14. The second-order valence-corrected chi connectivity index (χ2v) is 3.15. The monoisotopic (exact) mass is 244 g/mol. The van der Waals surface area contributed by atoms with E-state index >= 15 is 0 Å². The van der Waals surface area contributed by atoms with E-state index in [0.29, 0.717) is 6.20 Å². The minimum absolute atomic E-state index is 0.0631. The molecule has 0 radical (unpaired) electrons. The predicted molar refractivity (Wildman–Crippen MR) is 50.4 cm³/mol. The molecule has 0 fully saturated rings. The Balaban J connectivity index is 2.29. The van der Waals surface area contributed by atoms with Crippen LogP contribution in [0.25, 0.3) is 11.5 Å². The summed E-state index contributed by atoms with van der Waals surface area (Å²) in [5.74, 6) is 0.306. The van der Waals surface area contributed by atoms with E-state index in [1.165, 1.54) is 6.07 Å². The van der Waals surface area contributed by atoms with Crippen LogP contribution in [0, 0.1) is 0 Å². The van der Waals surface area contributed by atoms with Crippen molar-refractivity contribution in [3.63, 3.8) is 0 Å². The van der Waals surface area contributed by atoms with Crippen LogP contribution in [-0.2, 0) is 12.7 Å². The minimum Gasteiger partial charge on any atom is -0.338 e. The molecule has 90 valence electrons. The quantitative estimate of drug-likeness (QED) is 0.868. The lowest BCUT2D eigenvalue weighted by Crippen LogP contribution is -2.05. The smallest absolute Gasteiger partial charge is 0.338 e. The summed E-state index contributed by atoms with van der Waals surface area (Å²) < 4.78 is 41.5. The number of halogens is 3. The summed E-state index contributed by atoms with van der Waals surface area (Å²) in [6.45, 7) is 0.0631. The Hall–Kier alpha value is -1.96. The van der Waals surface area contributed by atoms with Gasteiger partial charge in [-0.2, -0.15) is 18.2 Å². The molecule has 2 aromatic heterocycles. The lowest BCUT2D eigenvalue weighted by atomic mass is 10.2. The van der Waals surface area contributed by atoms with Crippen LogP contribution >= 0.6 is 0 Å². The van der Waals surface area contributed by atoms with Gasteiger partial charge in [0.15, 0.2) is 0 Å². The molecule has 0 spiro atoms. The molecule has 2 heterocycles. The summed E-state index contributed by atoms with van der Waals surface area (Å²) in [5.41, 5.74) is 4.62. The molecule has 0 aliphatic heterocycles. The molecule has 0 bridgehead atoms. The number of rotatable bonds is 2. The van der Waals surface area contributed by atoms with E-state index in [2.05, 4.69) is 15.1 Å². The average Bonchev–Trinajstić information content (AvgIpc) is 2.76. The van der Waals surface area contributed by atoms with Crippen molar-refractivity contribution in [2.24, 2.45) is 5.73 Å². The number of hydrogen-bond donors (Lipinski definition) is 1. The lowest BCUT2D eigenvalue weighted by molar-refractivity contribution is -0.137. The normalized spacial score (nSPS) is 11.8. The van der Waals surface area contributed by atoms with Crippen molar-refractivity contribution in [1.82, 2.24) is 15.1 Å². The summed E-state index contributed by atoms with van der Waals surface area (Å²) in [6.07, 6.45) is -3.70. The van der Waals surface area contributed by atoms with Gasteiger partial charge in [-0.05, 0) is 12.1 Å². The highest BCUT2D eigenvalue weighted by Gasteiger charge is 2.30. The van der Waals surface area contributed by atoms with Gasteiger partial charge in [0.05, 0.1) is 12.1 Å². The predicted octanol–water partition coefficient (Wildman–Crippen LogP) is 1.61. The SMILES string of the molecule is NCc1nc(-c2ccc(C(F)(F)F)cn2)no1. The van der Waals surface area contributed by atoms with Gasteiger partial charge in [-0.15, -0.1) is 0 Å². The van der Waals surface area contributed by atoms with Crippen molar-refractivity contribution in [2.75, 3.05) is 0 Å². The molecule has 2 rings (SSSR count). The third-order valence-corrected chi connectivity index (χ3v) is 1.96. The van der Waals surface area contributed by atoms with Crippen molar-refractivity contribution in [2.45, 2.75) is 12.7 Å². The highest BCUT2D eigenvalue weighted by atomic mass is 19.4. The van der Waals surface area contributed by atoms with Crippen molar-refractivity contribution >= 4 is 0 Å². The third-order valence-electron chi connectivity index (χ3n) is 1.96. The molecule has 0 aliphatic rings. The molecule has 0 atom stereocenters. The second kappa shape index (κ2) is 4.13. The van der Waals surface area contributed by atoms with Gasteiger partial charge >= 0.3 is 6.18 Å². The van der Waals surface area contributed by atoms with Crippen molar-refractivity contribution in [3.8, 4) is 11.5 Å². The van der Waals surface area contributed by atoms with Gasteiger partial charge in [0.1, 0.15) is 5.69 Å². The summed E-state index contributed by atoms with van der Waals surface area (Å²) in [5, 5.41) is 3.54. The van der Waals surface area contributed by atoms with Crippen LogP contribution in [0.4, 0.5) is 13.2 Å². The van der Waals surface area contributed by atoms with Gasteiger partial charge in [0.25, 0.3) is 0 Å². The van der Waals surface area contributed by atoms with Crippen LogP contribution < -0.4 is 5.73 Å². The van der Waals surface area contributed by atoms with Crippen LogP contribution in [0.3, 0.4) is 0 Å². The topological polar surface area (TPSA) is 77.8 Å². The molecule has 0 unspecified atom stereocenters. The van der Waals surface area contributed by atoms with E-state index in [4.69, 9.17) is 10.3 Å². The van der Waals surface area contributed by atoms with Crippen molar-refractivity contribution in [3.05, 3.63) is 29.8 Å². The average molecular weight is 244 g/mol. The van der Waals surface area contributed by atoms with Crippen molar-refractivity contribution in [1.29, 1.82) is 0 Å². The van der Waals surface area contributed by atoms with E-state index < -0.39 is 11.7 Å². The zero-order valence-electron chi connectivity index (χ0n) is 8.40. The zero-order valence-corrected chi connectivity index (χ0v) is 8.40. The number of alkyl halides is 3. The molecule has 8 heteroatoms. The van der Waals surface area contributed by atoms with E-state index in [1.54, 1.807) is 0 Å². The standard InChI is InChI=1S/C9H7F3N4O/c10-9(11,12)5-1-2-6(14-4-5)8-15-7(3-13)17-16-8/h1-2,4H,3,13H2. The van der Waals surface area contributed by atoms with Gasteiger partial charge in [-0.3, -0.25) is 4.98 Å². The Bertz CT molecular complexity index is 506. The molecule has 0 aromatic carbocycles. The van der Waals surface area contributed by atoms with Crippen LogP contribution in [-0.4, -0.2) is 15.1 Å². The maximum Gasteiger partial charge on any atom is 0.417 e. The Morgan fingerprint density at radius 3 is 2.53 bits per heavy atom. The highest BCUT2D eigenvalue weighted by Crippen LogP contribution is 2.29. The number of pyridine rings is 1. The number of nitrogens with zero attached hydrogens (tertiary/aromatic N) is 3. The fraction of sp³-hybridized carbons (Fsp3) is 0.222. The molecule has 0 aliphatic carbocycles. The first kappa shape index (κ1) is 11.5. The van der Waals surface area contributed by atoms with E-state index in [0.717, 1.165) is 6.07 Å². The van der Waals surface area contributed by atoms with E-state index in [-0.39, 0.29) is 24.0 Å². The Labute approximate surface area is 93.5 Å². The number of hydrogen-bond acceptors (Lipinski definition) is 5. The number of aromatic nitrogens is 3. The first-order valence-electron chi connectivity index (χ1n) is 4.57. The molecular weight excluding hydrogens is 237 g/mol. The first-order valence-corrected chi connectivity index (χ1v) is 4.57. The molecule has 0 saturated heterocycles. The first-order chi connectivity index (χ1) is 8.00. The number of nitrogens with two attached hydrogens (primary N) is 1. The van der Waals surface area contributed by atoms with Gasteiger partial charge in [0, 0.05) is 6.20 Å². The van der Waals surface area contributed by atoms with Crippen molar-refractivity contribution < 1.29 is 17.7 Å². The molecule has 2 aromatic rings. The minimum atomic E-state index is -4.41. The summed E-state index contributed by atoms with van der Waals surface area (Å²) in [6, 6.07) is 2.08. The van der Waals surface area contributed by atoms with Crippen LogP contribution in [0.15, 0.2) is 22.9 Å². The van der Waals surface area contributed by atoms with Crippen LogP contribution in [0.1, 0.15) is 11.5 Å². The van der Waals surface area contributed by atoms with E-state index in [1.807, 2.05) is 0 Å². The summed E-state index contributed by atoms with van der Waals surface area (Å²) >= 11 is 0. The van der Waals surface area contributed by atoms with Crippen LogP contribution in [0.2, 0.25) is 0 Å². The Kier molecular flexibility index (Phi) is 2.80. The highest BCUT2D eigenvalue weighted by molar-refractivity contribution is 5.48. The molecule has 0 amide bonds. The van der Waals surface area contributed by atoms with Gasteiger partial charge in [0.2, 0.25) is 11.7 Å². The largest absolute Gasteiger partial charge is 0.417 e. The third kappa shape index (κ3) is 2.41. The Morgan fingerprint density at radius 2 is 2.06 bits per heavy atom. The molecule has 5 nitrogen and oxygen atoms in total. The molecule has 0 saturated carbocycles. The molecular formula is C9H7F3N4O. The molecule has 17 heavy (non-hydrogen) atoms. The molecule has 2 N–H and O–H groups in total. The zero-order chi connectivity index (χ0) is 12.5. The maximum atomic E-state index is 12.3. The van der Waals surface area contributed by atoms with Gasteiger partial charge in [-0.25, -0.2) is 0 Å². The van der Waals surface area contributed by atoms with Gasteiger partial charge in [-0.1, -0.05) is 5.16 Å². The van der Waals surface area contributed by atoms with Gasteiger partial charge < -0.3 is 10.3 Å². The summed E-state index contributed by atoms with van der Waals surface area (Å²) in [4.78, 5) is 7.46. The fourth-order valence-corrected chi connectivity index (χ4v) is 1.14. The van der Waals surface area contributed by atoms with Crippen LogP contribution in [0.5, 0.6) is 0 Å². The maximum absolute atomic E-state index is 12.3. The second-order valence-electron chi connectivity index (χ2n) is 3.15. The van der Waals surface area contributed by atoms with E-state index in [9.17, 15) is 13.2 Å². The summed E-state index contributed by atoms with van der Waals surface area (Å²) in [7, 11) is 0. The lowest BCUT2D eigenvalue weighted by Gasteiger charge is -2.05. The Morgan fingerprint density at radius 1 is 1.29 bits per heavy atom.